The average Bonchev–Trinajstić information content (AvgIpc) is 3.76. The molecule has 1 amide bonds. The van der Waals surface area contributed by atoms with Gasteiger partial charge >= 0.3 is 12.7 Å². The van der Waals surface area contributed by atoms with Gasteiger partial charge in [0.15, 0.2) is 0 Å². The maximum Gasteiger partial charge on any atom is 0.410 e. The molecule has 0 bridgehead atoms. The Balaban J connectivity index is 1.22. The number of rotatable bonds is 6. The molecule has 3 aromatic carbocycles. The molecule has 2 atom stereocenters. The fraction of sp³-hybridized carbons (Fsp3) is 0.400. The van der Waals surface area contributed by atoms with Crippen LogP contribution < -0.4 is 4.74 Å². The SMILES string of the molecule is CC(C)c1ncc(-c2ccc3c(c2)COc2cc4c(ccc5[nH]c(C6C[C@H](COC(F)F)CN6C(=O)OC(C)(C)C)nc54)cc2-3)[nH]1. The number of carbonyl (C=O) groups is 1. The molecule has 0 spiro atoms. The number of likely N-dealkylation sites (tertiary alicyclic amines) is 1. The minimum Gasteiger partial charge on any atom is -0.488 e. The second-order valence-corrected chi connectivity index (χ2v) is 13.5. The number of nitrogens with zero attached hydrogens (tertiary/aromatic N) is 3. The van der Waals surface area contributed by atoms with E-state index in [1.165, 1.54) is 0 Å². The summed E-state index contributed by atoms with van der Waals surface area (Å²) in [6.45, 7) is 7.23. The van der Waals surface area contributed by atoms with Crippen molar-refractivity contribution in [3.05, 3.63) is 65.9 Å². The van der Waals surface area contributed by atoms with Crippen LogP contribution in [-0.2, 0) is 16.1 Å². The van der Waals surface area contributed by atoms with Gasteiger partial charge in [0.25, 0.3) is 0 Å². The van der Waals surface area contributed by atoms with Crippen molar-refractivity contribution in [3.63, 3.8) is 0 Å². The van der Waals surface area contributed by atoms with Crippen LogP contribution in [0.2, 0.25) is 0 Å². The number of carbonyl (C=O) groups excluding carboxylic acids is 1. The Morgan fingerprint density at radius 3 is 2.67 bits per heavy atom. The standard InChI is InChI=1S/C35H37F2N5O4/c1-18(2)31-38-14-27(40-31)21-6-8-23-22(11-21)17-44-29-13-24-20(12-25(23)29)7-9-26-30(24)41-32(39-26)28-10-19(16-45-33(36)37)15-42(28)34(43)46-35(3,4)5/h6-9,11-14,18-19,28,33H,10,15-17H2,1-5H3,(H,38,40)(H,39,41)/t19-,28?/m0/s1. The highest BCUT2D eigenvalue weighted by Crippen LogP contribution is 2.43. The number of hydrogen-bond donors (Lipinski definition) is 2. The first kappa shape index (κ1) is 30.2. The van der Waals surface area contributed by atoms with Crippen LogP contribution in [0.15, 0.2) is 48.7 Å². The van der Waals surface area contributed by atoms with Crippen LogP contribution in [0.1, 0.15) is 70.2 Å². The van der Waals surface area contributed by atoms with E-state index >= 15 is 0 Å². The molecule has 1 saturated heterocycles. The smallest absolute Gasteiger partial charge is 0.410 e. The fourth-order valence-electron chi connectivity index (χ4n) is 6.44. The highest BCUT2D eigenvalue weighted by Gasteiger charge is 2.40. The number of H-pyrrole nitrogens is 2. The van der Waals surface area contributed by atoms with Crippen LogP contribution in [-0.4, -0.2) is 56.3 Å². The van der Waals surface area contributed by atoms with Crippen LogP contribution in [0.25, 0.3) is 44.2 Å². The van der Waals surface area contributed by atoms with Crippen molar-refractivity contribution in [2.24, 2.45) is 5.92 Å². The normalized spacial score (nSPS) is 18.0. The van der Waals surface area contributed by atoms with Crippen LogP contribution in [0, 0.1) is 5.92 Å². The van der Waals surface area contributed by atoms with Gasteiger partial charge in [-0.15, -0.1) is 0 Å². The van der Waals surface area contributed by atoms with Crippen molar-refractivity contribution in [1.29, 1.82) is 0 Å². The summed E-state index contributed by atoms with van der Waals surface area (Å²) in [5, 5.41) is 1.91. The van der Waals surface area contributed by atoms with Crippen LogP contribution in [0.4, 0.5) is 13.6 Å². The lowest BCUT2D eigenvalue weighted by molar-refractivity contribution is -0.137. The first-order valence-corrected chi connectivity index (χ1v) is 15.6. The van der Waals surface area contributed by atoms with E-state index in [0.717, 1.165) is 61.3 Å². The topological polar surface area (TPSA) is 105 Å². The second kappa shape index (κ2) is 11.4. The van der Waals surface area contributed by atoms with E-state index in [4.69, 9.17) is 14.5 Å². The molecular formula is C35H37F2N5O4. The van der Waals surface area contributed by atoms with E-state index in [-0.39, 0.29) is 19.1 Å². The third-order valence-corrected chi connectivity index (χ3v) is 8.61. The number of ether oxygens (including phenoxy) is 3. The number of imidazole rings is 2. The van der Waals surface area contributed by atoms with Gasteiger partial charge in [0.2, 0.25) is 0 Å². The molecule has 1 fully saturated rings. The summed E-state index contributed by atoms with van der Waals surface area (Å²) in [7, 11) is 0. The zero-order valence-corrected chi connectivity index (χ0v) is 26.5. The van der Waals surface area contributed by atoms with Gasteiger partial charge in [-0.05, 0) is 73.5 Å². The van der Waals surface area contributed by atoms with Crippen molar-refractivity contribution in [2.45, 2.75) is 71.8 Å². The van der Waals surface area contributed by atoms with Crippen LogP contribution >= 0.6 is 0 Å². The van der Waals surface area contributed by atoms with Gasteiger partial charge in [0.1, 0.15) is 29.6 Å². The predicted octanol–water partition coefficient (Wildman–Crippen LogP) is 8.33. The number of fused-ring (bicyclic) bond motifs is 6. The molecule has 5 aromatic rings. The number of benzene rings is 3. The summed E-state index contributed by atoms with van der Waals surface area (Å²) in [5.41, 5.74) is 6.11. The van der Waals surface area contributed by atoms with Gasteiger partial charge in [-0.25, -0.2) is 14.8 Å². The Kier molecular flexibility index (Phi) is 7.46. The molecule has 4 heterocycles. The number of nitrogens with one attached hydrogen (secondary N) is 2. The van der Waals surface area contributed by atoms with E-state index in [1.807, 2.05) is 24.4 Å². The number of halogens is 2. The first-order valence-electron chi connectivity index (χ1n) is 15.6. The lowest BCUT2D eigenvalue weighted by Crippen LogP contribution is -2.37. The zero-order valence-electron chi connectivity index (χ0n) is 26.5. The van der Waals surface area contributed by atoms with Crippen molar-refractivity contribution >= 4 is 27.9 Å². The summed E-state index contributed by atoms with van der Waals surface area (Å²) >= 11 is 0. The molecule has 1 unspecified atom stereocenters. The quantitative estimate of drug-likeness (QED) is 0.196. The molecule has 46 heavy (non-hydrogen) atoms. The average molecular weight is 630 g/mol. The van der Waals surface area contributed by atoms with E-state index < -0.39 is 24.3 Å². The zero-order chi connectivity index (χ0) is 32.3. The third-order valence-electron chi connectivity index (χ3n) is 8.61. The molecule has 11 heteroatoms. The van der Waals surface area contributed by atoms with Crippen molar-refractivity contribution in [3.8, 4) is 28.1 Å². The molecular weight excluding hydrogens is 592 g/mol. The van der Waals surface area contributed by atoms with Crippen molar-refractivity contribution in [1.82, 2.24) is 24.8 Å². The largest absolute Gasteiger partial charge is 0.488 e. The maximum absolute atomic E-state index is 13.2. The number of hydrogen-bond acceptors (Lipinski definition) is 6. The summed E-state index contributed by atoms with van der Waals surface area (Å²) in [5.74, 6) is 2.33. The van der Waals surface area contributed by atoms with Crippen molar-refractivity contribution in [2.75, 3.05) is 13.2 Å². The maximum atomic E-state index is 13.2. The van der Waals surface area contributed by atoms with Crippen LogP contribution in [0.5, 0.6) is 5.75 Å². The molecule has 9 nitrogen and oxygen atoms in total. The monoisotopic (exact) mass is 629 g/mol. The Bertz CT molecular complexity index is 1940. The lowest BCUT2D eigenvalue weighted by atomic mass is 9.92. The molecule has 0 radical (unpaired) electrons. The van der Waals surface area contributed by atoms with Gasteiger partial charge in [-0.1, -0.05) is 32.0 Å². The molecule has 0 aliphatic carbocycles. The van der Waals surface area contributed by atoms with E-state index in [9.17, 15) is 13.6 Å². The molecule has 2 aliphatic rings. The molecule has 0 saturated carbocycles. The van der Waals surface area contributed by atoms with Crippen LogP contribution in [0.3, 0.4) is 0 Å². The first-order chi connectivity index (χ1) is 21.9. The Morgan fingerprint density at radius 2 is 1.93 bits per heavy atom. The molecule has 2 N–H and O–H groups in total. The van der Waals surface area contributed by atoms with E-state index in [0.29, 0.717) is 24.8 Å². The molecule has 7 rings (SSSR count). The predicted molar refractivity (Wildman–Crippen MR) is 171 cm³/mol. The van der Waals surface area contributed by atoms with Gasteiger partial charge in [0.05, 0.1) is 35.6 Å². The highest BCUT2D eigenvalue weighted by molar-refractivity contribution is 6.07. The summed E-state index contributed by atoms with van der Waals surface area (Å²) in [6.07, 6.45) is 1.78. The number of alkyl halides is 2. The molecule has 2 aliphatic heterocycles. The van der Waals surface area contributed by atoms with Gasteiger partial charge in [-0.3, -0.25) is 4.90 Å². The van der Waals surface area contributed by atoms with Crippen molar-refractivity contribution < 1.29 is 27.8 Å². The number of amides is 1. The fourth-order valence-corrected chi connectivity index (χ4v) is 6.44. The number of aromatic nitrogens is 4. The Labute approximate surface area is 265 Å². The summed E-state index contributed by atoms with van der Waals surface area (Å²) < 4.78 is 42.2. The number of aromatic amines is 2. The van der Waals surface area contributed by atoms with Gasteiger partial charge in [0, 0.05) is 29.3 Å². The molecule has 240 valence electrons. The summed E-state index contributed by atoms with van der Waals surface area (Å²) in [4.78, 5) is 31.1. The minimum atomic E-state index is -2.87. The summed E-state index contributed by atoms with van der Waals surface area (Å²) in [6, 6.07) is 14.1. The highest BCUT2D eigenvalue weighted by atomic mass is 19.3. The molecule has 2 aromatic heterocycles. The minimum absolute atomic E-state index is 0.163. The van der Waals surface area contributed by atoms with E-state index in [2.05, 4.69) is 57.8 Å². The third kappa shape index (κ3) is 5.68. The Hall–Kier alpha value is -4.51. The second-order valence-electron chi connectivity index (χ2n) is 13.5. The lowest BCUT2D eigenvalue weighted by Gasteiger charge is -2.27. The van der Waals surface area contributed by atoms with E-state index in [1.54, 1.807) is 25.7 Å². The van der Waals surface area contributed by atoms with Gasteiger partial charge in [-0.2, -0.15) is 8.78 Å². The van der Waals surface area contributed by atoms with Gasteiger partial charge < -0.3 is 24.2 Å². The Morgan fingerprint density at radius 1 is 1.11 bits per heavy atom.